The van der Waals surface area contributed by atoms with Crippen LogP contribution in [0.4, 0.5) is 0 Å². The lowest BCUT2D eigenvalue weighted by Gasteiger charge is -2.58. The van der Waals surface area contributed by atoms with Crippen molar-refractivity contribution < 1.29 is 48.6 Å². The summed E-state index contributed by atoms with van der Waals surface area (Å²) in [4.78, 5) is 26.0. The molecule has 3 heterocycles. The number of allylic oxidation sites excluding steroid dienone is 2. The summed E-state index contributed by atoms with van der Waals surface area (Å²) in [5.41, 5.74) is -1.66. The molecule has 5 rings (SSSR count). The van der Waals surface area contributed by atoms with Crippen molar-refractivity contribution in [2.75, 3.05) is 19.8 Å². The molecule has 2 saturated heterocycles. The van der Waals surface area contributed by atoms with Gasteiger partial charge in [-0.25, -0.2) is 4.79 Å². The average molecular weight is 549 g/mol. The molecule has 10 heteroatoms. The van der Waals surface area contributed by atoms with Crippen LogP contribution >= 0.6 is 0 Å². The highest BCUT2D eigenvalue weighted by molar-refractivity contribution is 5.82. The fourth-order valence-corrected chi connectivity index (χ4v) is 7.02. The molecule has 3 aliphatic heterocycles. The van der Waals surface area contributed by atoms with E-state index in [4.69, 9.17) is 23.7 Å². The van der Waals surface area contributed by atoms with E-state index in [9.17, 15) is 24.9 Å². The summed E-state index contributed by atoms with van der Waals surface area (Å²) in [6.07, 6.45) is 3.77. The minimum Gasteiger partial charge on any atom is -0.465 e. The number of hydrogen-bond acceptors (Lipinski definition) is 10. The highest BCUT2D eigenvalue weighted by Crippen LogP contribution is 2.72. The largest absolute Gasteiger partial charge is 0.465 e. The molecule has 2 aliphatic carbocycles. The monoisotopic (exact) mass is 548 g/mol. The zero-order valence-corrected chi connectivity index (χ0v) is 22.9. The van der Waals surface area contributed by atoms with Gasteiger partial charge in [0, 0.05) is 17.9 Å². The minimum absolute atomic E-state index is 0.0547. The molecule has 39 heavy (non-hydrogen) atoms. The molecule has 5 aliphatic rings. The number of carbonyl (C=O) groups excluding carboxylic acids is 2. The van der Waals surface area contributed by atoms with E-state index in [0.717, 1.165) is 5.57 Å². The van der Waals surface area contributed by atoms with Gasteiger partial charge in [-0.05, 0) is 31.8 Å². The molecule has 0 aromatic carbocycles. The van der Waals surface area contributed by atoms with Crippen LogP contribution in [0.25, 0.3) is 0 Å². The van der Waals surface area contributed by atoms with E-state index >= 15 is 0 Å². The Morgan fingerprint density at radius 1 is 1.13 bits per heavy atom. The van der Waals surface area contributed by atoms with Crippen LogP contribution in [0.5, 0.6) is 0 Å². The first-order valence-corrected chi connectivity index (χ1v) is 13.8. The van der Waals surface area contributed by atoms with Crippen LogP contribution in [0.3, 0.4) is 0 Å². The molecular formula is C29H40O10. The predicted molar refractivity (Wildman–Crippen MR) is 137 cm³/mol. The molecule has 0 aromatic heterocycles. The van der Waals surface area contributed by atoms with Crippen molar-refractivity contribution in [1.82, 2.24) is 0 Å². The number of epoxide rings is 1. The molecule has 2 spiro atoms. The van der Waals surface area contributed by atoms with Crippen molar-refractivity contribution in [3.05, 3.63) is 36.0 Å². The first kappa shape index (κ1) is 28.4. The normalized spacial score (nSPS) is 49.0. The molecule has 1 saturated carbocycles. The van der Waals surface area contributed by atoms with Gasteiger partial charge < -0.3 is 39.0 Å². The molecule has 11 unspecified atom stereocenters. The molecule has 10 nitrogen and oxygen atoms in total. The highest BCUT2D eigenvalue weighted by Gasteiger charge is 2.83. The third-order valence-corrected chi connectivity index (χ3v) is 9.79. The summed E-state index contributed by atoms with van der Waals surface area (Å²) in [7, 11) is 0. The lowest BCUT2D eigenvalue weighted by Crippen LogP contribution is -2.68. The van der Waals surface area contributed by atoms with Gasteiger partial charge in [0.25, 0.3) is 0 Å². The molecule has 11 atom stereocenters. The standard InChI is InChI=1S/C29H40O10/c1-16-9-23-28(12-19(16)31)14-36-26(34)10-17(2)20(32)13-35-21(18(3)30)7-5-6-8-25(33)39-22-11-24(38-23)29(15-37-29)27(22,28)4/h5-9,17-24,30-32H,10-15H2,1-4H3/b7-5+,8-6+. The third-order valence-electron chi connectivity index (χ3n) is 9.79. The quantitative estimate of drug-likeness (QED) is 0.250. The van der Waals surface area contributed by atoms with E-state index in [2.05, 4.69) is 0 Å². The van der Waals surface area contributed by atoms with Gasteiger partial charge in [-0.3, -0.25) is 4.79 Å². The van der Waals surface area contributed by atoms with Gasteiger partial charge >= 0.3 is 11.9 Å². The Bertz CT molecular complexity index is 1060. The lowest BCUT2D eigenvalue weighted by molar-refractivity contribution is -0.239. The van der Waals surface area contributed by atoms with Crippen molar-refractivity contribution in [1.29, 1.82) is 0 Å². The molecule has 2 bridgehead atoms. The van der Waals surface area contributed by atoms with Crippen LogP contribution in [0, 0.1) is 16.7 Å². The van der Waals surface area contributed by atoms with Gasteiger partial charge in [-0.15, -0.1) is 0 Å². The molecule has 216 valence electrons. The average Bonchev–Trinajstić information content (AvgIpc) is 3.65. The number of ether oxygens (including phenoxy) is 5. The molecule has 3 fully saturated rings. The molecule has 0 aromatic rings. The summed E-state index contributed by atoms with van der Waals surface area (Å²) in [6, 6.07) is 0. The van der Waals surface area contributed by atoms with Crippen LogP contribution in [0.1, 0.15) is 47.0 Å². The van der Waals surface area contributed by atoms with Gasteiger partial charge in [-0.1, -0.05) is 38.2 Å². The summed E-state index contributed by atoms with van der Waals surface area (Å²) < 4.78 is 30.2. The fraction of sp³-hybridized carbons (Fsp3) is 0.724. The maximum Gasteiger partial charge on any atom is 0.331 e. The number of esters is 2. The Balaban J connectivity index is 1.52. The van der Waals surface area contributed by atoms with Crippen LogP contribution in [-0.4, -0.2) is 95.4 Å². The summed E-state index contributed by atoms with van der Waals surface area (Å²) in [6.45, 7) is 7.40. The van der Waals surface area contributed by atoms with Crippen molar-refractivity contribution in [3.8, 4) is 0 Å². The molecular weight excluding hydrogens is 508 g/mol. The zero-order chi connectivity index (χ0) is 28.2. The Morgan fingerprint density at radius 3 is 2.56 bits per heavy atom. The predicted octanol–water partition coefficient (Wildman–Crippen LogP) is 1.36. The number of aliphatic hydroxyl groups excluding tert-OH is 3. The second-order valence-corrected chi connectivity index (χ2v) is 12.1. The zero-order valence-electron chi connectivity index (χ0n) is 22.9. The second-order valence-electron chi connectivity index (χ2n) is 12.1. The van der Waals surface area contributed by atoms with Crippen LogP contribution < -0.4 is 0 Å². The molecule has 0 radical (unpaired) electrons. The maximum absolute atomic E-state index is 13.1. The van der Waals surface area contributed by atoms with Gasteiger partial charge in [-0.2, -0.15) is 0 Å². The SMILES string of the molecule is CC1=CC2OC3CC4OC(=O)/C=C/C=C/C(C(C)O)OCC(O)C(C)CC(=O)OCC2(CC1O)C4(C)C31CO1. The van der Waals surface area contributed by atoms with Gasteiger partial charge in [0.05, 0.1) is 55.6 Å². The van der Waals surface area contributed by atoms with Gasteiger partial charge in [0.1, 0.15) is 24.4 Å². The van der Waals surface area contributed by atoms with E-state index in [1.54, 1.807) is 26.0 Å². The Kier molecular flexibility index (Phi) is 7.58. The van der Waals surface area contributed by atoms with E-state index in [0.29, 0.717) is 13.0 Å². The number of cyclic esters (lactones) is 1. The first-order chi connectivity index (χ1) is 18.4. The van der Waals surface area contributed by atoms with E-state index in [1.165, 1.54) is 12.2 Å². The Hall–Kier alpha value is -2.08. The maximum atomic E-state index is 13.1. The fourth-order valence-electron chi connectivity index (χ4n) is 7.02. The second kappa shape index (κ2) is 10.4. The number of hydrogen-bond donors (Lipinski definition) is 3. The number of aliphatic hydroxyl groups is 3. The van der Waals surface area contributed by atoms with Crippen molar-refractivity contribution in [2.45, 2.75) is 95.3 Å². The summed E-state index contributed by atoms with van der Waals surface area (Å²) >= 11 is 0. The smallest absolute Gasteiger partial charge is 0.331 e. The van der Waals surface area contributed by atoms with Gasteiger partial charge in [0.15, 0.2) is 0 Å². The summed E-state index contributed by atoms with van der Waals surface area (Å²) in [5, 5.41) is 31.7. The third kappa shape index (κ3) is 4.69. The van der Waals surface area contributed by atoms with Crippen LogP contribution in [0.2, 0.25) is 0 Å². The van der Waals surface area contributed by atoms with Crippen LogP contribution in [0.15, 0.2) is 36.0 Å². The van der Waals surface area contributed by atoms with Crippen molar-refractivity contribution in [2.24, 2.45) is 16.7 Å². The van der Waals surface area contributed by atoms with Crippen molar-refractivity contribution in [3.63, 3.8) is 0 Å². The Labute approximate surface area is 228 Å². The topological polar surface area (TPSA) is 144 Å². The lowest BCUT2D eigenvalue weighted by atomic mass is 9.51. The van der Waals surface area contributed by atoms with E-state index < -0.39 is 70.9 Å². The first-order valence-electron chi connectivity index (χ1n) is 13.8. The van der Waals surface area contributed by atoms with E-state index in [1.807, 2.05) is 19.9 Å². The summed E-state index contributed by atoms with van der Waals surface area (Å²) in [5.74, 6) is -1.53. The Morgan fingerprint density at radius 2 is 1.87 bits per heavy atom. The van der Waals surface area contributed by atoms with Gasteiger partial charge in [0.2, 0.25) is 0 Å². The molecule has 3 N–H and O–H groups in total. The number of rotatable bonds is 1. The minimum atomic E-state index is -0.969. The van der Waals surface area contributed by atoms with Crippen LogP contribution in [-0.2, 0) is 33.3 Å². The number of carbonyl (C=O) groups is 2. The van der Waals surface area contributed by atoms with E-state index in [-0.39, 0.29) is 32.2 Å². The molecule has 0 amide bonds. The highest BCUT2D eigenvalue weighted by atomic mass is 16.6. The van der Waals surface area contributed by atoms with Crippen molar-refractivity contribution >= 4 is 11.9 Å².